The van der Waals surface area contributed by atoms with Crippen LogP contribution in [0.4, 0.5) is 0 Å². The van der Waals surface area contributed by atoms with E-state index in [-0.39, 0.29) is 0 Å². The Morgan fingerprint density at radius 1 is 1.44 bits per heavy atom. The molecule has 3 nitrogen and oxygen atoms in total. The average molecular weight is 269 g/mol. The van der Waals surface area contributed by atoms with Gasteiger partial charge in [0.25, 0.3) is 0 Å². The molecule has 0 aliphatic carbocycles. The molecule has 16 heavy (non-hydrogen) atoms. The lowest BCUT2D eigenvalue weighted by Crippen LogP contribution is -1.86. The summed E-state index contributed by atoms with van der Waals surface area (Å²) in [6.07, 6.45) is 3.67. The molecule has 0 saturated carbocycles. The minimum absolute atomic E-state index is 0.739. The van der Waals surface area contributed by atoms with Gasteiger partial charge in [0, 0.05) is 6.20 Å². The van der Waals surface area contributed by atoms with Gasteiger partial charge in [-0.1, -0.05) is 22.0 Å². The third kappa shape index (κ3) is 2.45. The van der Waals surface area contributed by atoms with Crippen LogP contribution in [0.1, 0.15) is 0 Å². The summed E-state index contributed by atoms with van der Waals surface area (Å²) in [5, 5.41) is 0.739. The summed E-state index contributed by atoms with van der Waals surface area (Å²) in [5.41, 5.74) is 0.862. The Labute approximate surface area is 104 Å². The van der Waals surface area contributed by atoms with Crippen molar-refractivity contribution in [3.05, 3.63) is 24.4 Å². The normalized spacial score (nSPS) is 10.9. The summed E-state index contributed by atoms with van der Waals surface area (Å²) >= 11 is 2.95. The second-order valence-corrected chi connectivity index (χ2v) is 6.14. The fraction of sp³-hybridized carbons (Fsp3) is 0.100. The number of nitrogens with zero attached hydrogens (tertiary/aromatic N) is 2. The highest BCUT2D eigenvalue weighted by atomic mass is 32.2. The Bertz CT molecular complexity index is 567. The molecular formula is C10H9N2OS3-. The highest BCUT2D eigenvalue weighted by Gasteiger charge is 2.02. The molecule has 0 fully saturated rings. The van der Waals surface area contributed by atoms with Crippen molar-refractivity contribution in [2.24, 2.45) is 0 Å². The van der Waals surface area contributed by atoms with E-state index >= 15 is 0 Å². The van der Waals surface area contributed by atoms with Gasteiger partial charge in [0.05, 0.1) is 10.6 Å². The topological polar surface area (TPSA) is 42.9 Å². The summed E-state index contributed by atoms with van der Waals surface area (Å²) < 4.78 is 11.9. The van der Waals surface area contributed by atoms with Gasteiger partial charge in [-0.2, -0.15) is 17.2 Å². The fourth-order valence-corrected chi connectivity index (χ4v) is 3.08. The lowest BCUT2D eigenvalue weighted by molar-refractivity contribution is 0.604. The molecular weight excluding hydrogens is 260 g/mol. The molecule has 0 bridgehead atoms. The minimum atomic E-state index is -1.17. The summed E-state index contributed by atoms with van der Waals surface area (Å²) in [6, 6.07) is 5.58. The molecule has 0 aliphatic heterocycles. The Morgan fingerprint density at radius 3 is 2.88 bits per heavy atom. The average Bonchev–Trinajstić information content (AvgIpc) is 2.78. The maximum Gasteiger partial charge on any atom is 0.187 e. The van der Waals surface area contributed by atoms with E-state index in [4.69, 9.17) is 0 Å². The maximum absolute atomic E-state index is 11.2. The number of thiophene rings is 1. The van der Waals surface area contributed by atoms with E-state index < -0.39 is 10.4 Å². The van der Waals surface area contributed by atoms with E-state index in [1.165, 1.54) is 23.1 Å². The van der Waals surface area contributed by atoms with E-state index in [1.807, 2.05) is 24.5 Å². The molecule has 0 saturated heterocycles. The van der Waals surface area contributed by atoms with Gasteiger partial charge in [-0.3, -0.25) is 0 Å². The van der Waals surface area contributed by atoms with Gasteiger partial charge in [0.1, 0.15) is 0 Å². The number of hydrogen-bond acceptors (Lipinski definition) is 6. The first-order chi connectivity index (χ1) is 7.70. The SMILES string of the molecule is C=[S-](=O)c1ccc(-c2ccnc(SC)n2)s1. The molecule has 2 rings (SSSR count). The predicted octanol–water partition coefficient (Wildman–Crippen LogP) is 2.68. The van der Waals surface area contributed by atoms with Gasteiger partial charge < -0.3 is 4.21 Å². The van der Waals surface area contributed by atoms with Crippen LogP contribution in [0.15, 0.2) is 33.8 Å². The molecule has 6 heteroatoms. The molecule has 2 heterocycles. The van der Waals surface area contributed by atoms with E-state index in [1.54, 1.807) is 6.20 Å². The summed E-state index contributed by atoms with van der Waals surface area (Å²) in [6.45, 7) is 0. The van der Waals surface area contributed by atoms with Crippen LogP contribution in [0.3, 0.4) is 0 Å². The van der Waals surface area contributed by atoms with Crippen LogP contribution >= 0.6 is 23.1 Å². The molecule has 0 amide bonds. The summed E-state index contributed by atoms with van der Waals surface area (Å²) in [7, 11) is -1.17. The molecule has 2 aromatic rings. The zero-order valence-electron chi connectivity index (χ0n) is 8.54. The van der Waals surface area contributed by atoms with Crippen molar-refractivity contribution in [1.82, 2.24) is 9.97 Å². The highest BCUT2D eigenvalue weighted by molar-refractivity contribution is 7.98. The van der Waals surface area contributed by atoms with Crippen LogP contribution < -0.4 is 0 Å². The van der Waals surface area contributed by atoms with E-state index in [2.05, 4.69) is 15.8 Å². The van der Waals surface area contributed by atoms with Gasteiger partial charge in [0.15, 0.2) is 5.16 Å². The van der Waals surface area contributed by atoms with E-state index in [0.29, 0.717) is 0 Å². The van der Waals surface area contributed by atoms with Gasteiger partial charge >= 0.3 is 0 Å². The van der Waals surface area contributed by atoms with Crippen molar-refractivity contribution in [3.63, 3.8) is 0 Å². The Balaban J connectivity index is 2.42. The standard InChI is InChI=1S/C10H9N2OS3/c1-14-10-11-6-5-7(12-10)8-3-4-9(15-8)16(2)13/h3-6H,2H2,1H3/q-1. The van der Waals surface area contributed by atoms with Crippen molar-refractivity contribution in [3.8, 4) is 10.6 Å². The first-order valence-corrected chi connectivity index (χ1v) is 7.75. The highest BCUT2D eigenvalue weighted by Crippen LogP contribution is 2.27. The van der Waals surface area contributed by atoms with Gasteiger partial charge in [-0.25, -0.2) is 20.4 Å². The quantitative estimate of drug-likeness (QED) is 0.372. The number of rotatable bonds is 3. The van der Waals surface area contributed by atoms with Crippen LogP contribution in [-0.4, -0.2) is 22.1 Å². The number of hydrogen-bond donors (Lipinski definition) is 0. The molecule has 0 N–H and O–H groups in total. The van der Waals surface area contributed by atoms with Crippen LogP contribution in [-0.2, 0) is 14.6 Å². The summed E-state index contributed by atoms with van der Waals surface area (Å²) in [4.78, 5) is 9.48. The van der Waals surface area contributed by atoms with Crippen molar-refractivity contribution < 1.29 is 4.21 Å². The van der Waals surface area contributed by atoms with Gasteiger partial charge in [0.2, 0.25) is 0 Å². The molecule has 0 aliphatic rings. The van der Waals surface area contributed by atoms with Crippen molar-refractivity contribution in [1.29, 1.82) is 0 Å². The third-order valence-electron chi connectivity index (χ3n) is 1.87. The first kappa shape index (κ1) is 11.6. The predicted molar refractivity (Wildman–Crippen MR) is 70.6 cm³/mol. The van der Waals surface area contributed by atoms with E-state index in [0.717, 1.165) is 19.9 Å². The second-order valence-electron chi connectivity index (χ2n) is 2.89. The molecule has 0 aromatic carbocycles. The van der Waals surface area contributed by atoms with Crippen LogP contribution in [0, 0.1) is 0 Å². The Kier molecular flexibility index (Phi) is 3.63. The minimum Gasteiger partial charge on any atom is -0.457 e. The Morgan fingerprint density at radius 2 is 2.25 bits per heavy atom. The molecule has 0 radical (unpaired) electrons. The molecule has 0 atom stereocenters. The number of aromatic nitrogens is 2. The first-order valence-electron chi connectivity index (χ1n) is 4.39. The molecule has 0 spiro atoms. The smallest absolute Gasteiger partial charge is 0.187 e. The van der Waals surface area contributed by atoms with Gasteiger partial charge in [-0.15, -0.1) is 0 Å². The van der Waals surface area contributed by atoms with Crippen LogP contribution in [0.2, 0.25) is 0 Å². The largest absolute Gasteiger partial charge is 0.457 e. The lowest BCUT2D eigenvalue weighted by Gasteiger charge is -1.99. The van der Waals surface area contributed by atoms with Crippen molar-refractivity contribution in [2.75, 3.05) is 6.26 Å². The monoisotopic (exact) mass is 269 g/mol. The van der Waals surface area contributed by atoms with Crippen molar-refractivity contribution >= 4 is 39.4 Å². The van der Waals surface area contributed by atoms with Crippen LogP contribution in [0.5, 0.6) is 0 Å². The van der Waals surface area contributed by atoms with E-state index in [9.17, 15) is 4.21 Å². The number of thioether (sulfide) groups is 1. The Hall–Kier alpha value is -0.850. The van der Waals surface area contributed by atoms with Crippen molar-refractivity contribution in [2.45, 2.75) is 9.37 Å². The maximum atomic E-state index is 11.2. The molecule has 84 valence electrons. The fourth-order valence-electron chi connectivity index (χ4n) is 1.16. The summed E-state index contributed by atoms with van der Waals surface area (Å²) in [5.74, 6) is 3.50. The zero-order chi connectivity index (χ0) is 11.5. The molecule has 0 unspecified atom stereocenters. The second kappa shape index (κ2) is 4.99. The lowest BCUT2D eigenvalue weighted by atomic mass is 10.3. The van der Waals surface area contributed by atoms with Gasteiger partial charge in [-0.05, 0) is 18.4 Å². The zero-order valence-corrected chi connectivity index (χ0v) is 11.0. The van der Waals surface area contributed by atoms with Crippen LogP contribution in [0.25, 0.3) is 10.6 Å². The third-order valence-corrected chi connectivity index (χ3v) is 4.73. The molecule has 2 aromatic heterocycles.